The molecule has 1 aromatic heterocycles. The fourth-order valence-corrected chi connectivity index (χ4v) is 2.99. The average molecular weight is 367 g/mol. The Balaban J connectivity index is 2.09. The van der Waals surface area contributed by atoms with Crippen molar-refractivity contribution in [2.24, 2.45) is 0 Å². The standard InChI is InChI=1S/C19H15ClN4O2/c1-10-7-13(17-15(8-10)23-16(9-21)18(20)24-17)11(2)22-14-6-4-3-5-12(14)19(25)26/h3-8,11,22H,1-2H3,(H,25,26)/t11-/m1/s1. The first kappa shape index (κ1) is 17.6. The number of anilines is 1. The number of nitrogens with zero attached hydrogens (tertiary/aromatic N) is 3. The van der Waals surface area contributed by atoms with Gasteiger partial charge in [-0.3, -0.25) is 0 Å². The molecule has 26 heavy (non-hydrogen) atoms. The highest BCUT2D eigenvalue weighted by Gasteiger charge is 2.17. The molecule has 0 bridgehead atoms. The molecule has 2 aromatic carbocycles. The summed E-state index contributed by atoms with van der Waals surface area (Å²) in [5, 5.41) is 21.7. The highest BCUT2D eigenvalue weighted by atomic mass is 35.5. The number of fused-ring (bicyclic) bond motifs is 1. The number of aromatic carboxylic acids is 1. The van der Waals surface area contributed by atoms with E-state index in [0.29, 0.717) is 16.7 Å². The maximum atomic E-state index is 11.4. The van der Waals surface area contributed by atoms with Gasteiger partial charge in [0, 0.05) is 11.3 Å². The van der Waals surface area contributed by atoms with Crippen LogP contribution in [0, 0.1) is 18.3 Å². The van der Waals surface area contributed by atoms with E-state index >= 15 is 0 Å². The quantitative estimate of drug-likeness (QED) is 0.712. The maximum absolute atomic E-state index is 11.4. The predicted molar refractivity (Wildman–Crippen MR) is 99.4 cm³/mol. The van der Waals surface area contributed by atoms with E-state index in [-0.39, 0.29) is 22.5 Å². The van der Waals surface area contributed by atoms with E-state index in [1.54, 1.807) is 24.3 Å². The fourth-order valence-electron chi connectivity index (χ4n) is 2.82. The molecule has 7 heteroatoms. The smallest absolute Gasteiger partial charge is 0.337 e. The van der Waals surface area contributed by atoms with Crippen LogP contribution in [0.2, 0.25) is 5.15 Å². The summed E-state index contributed by atoms with van der Waals surface area (Å²) < 4.78 is 0. The zero-order valence-electron chi connectivity index (χ0n) is 14.1. The molecule has 0 unspecified atom stereocenters. The number of benzene rings is 2. The first-order valence-electron chi connectivity index (χ1n) is 7.87. The van der Waals surface area contributed by atoms with E-state index < -0.39 is 5.97 Å². The van der Waals surface area contributed by atoms with Gasteiger partial charge in [0.25, 0.3) is 0 Å². The van der Waals surface area contributed by atoms with Gasteiger partial charge >= 0.3 is 5.97 Å². The molecule has 1 atom stereocenters. The van der Waals surface area contributed by atoms with Gasteiger partial charge in [0.2, 0.25) is 0 Å². The van der Waals surface area contributed by atoms with Crippen molar-refractivity contribution in [2.75, 3.05) is 5.32 Å². The van der Waals surface area contributed by atoms with Crippen LogP contribution in [0.4, 0.5) is 5.69 Å². The molecule has 0 aliphatic rings. The largest absolute Gasteiger partial charge is 0.478 e. The minimum atomic E-state index is -1.00. The van der Waals surface area contributed by atoms with Gasteiger partial charge in [-0.05, 0) is 37.6 Å². The van der Waals surface area contributed by atoms with Crippen LogP contribution in [-0.4, -0.2) is 21.0 Å². The number of aryl methyl sites for hydroxylation is 1. The molecule has 130 valence electrons. The van der Waals surface area contributed by atoms with Crippen LogP contribution in [-0.2, 0) is 0 Å². The fraction of sp³-hybridized carbons (Fsp3) is 0.158. The summed E-state index contributed by atoms with van der Waals surface area (Å²) in [6.07, 6.45) is 0. The summed E-state index contributed by atoms with van der Waals surface area (Å²) in [5.41, 5.74) is 3.69. The van der Waals surface area contributed by atoms with Gasteiger partial charge in [-0.25, -0.2) is 14.8 Å². The lowest BCUT2D eigenvalue weighted by Crippen LogP contribution is -2.12. The monoisotopic (exact) mass is 366 g/mol. The number of nitrogens with one attached hydrogen (secondary N) is 1. The summed E-state index contributed by atoms with van der Waals surface area (Å²) in [5.74, 6) is -1.00. The Kier molecular flexibility index (Phi) is 4.74. The molecule has 0 fully saturated rings. The SMILES string of the molecule is Cc1cc([C@@H](C)Nc2ccccc2C(=O)O)c2nc(Cl)c(C#N)nc2c1. The Morgan fingerprint density at radius 2 is 2.04 bits per heavy atom. The number of hydrogen-bond donors (Lipinski definition) is 2. The molecule has 3 rings (SSSR count). The van der Waals surface area contributed by atoms with Crippen molar-refractivity contribution in [1.82, 2.24) is 9.97 Å². The molecule has 0 saturated carbocycles. The summed E-state index contributed by atoms with van der Waals surface area (Å²) in [6.45, 7) is 3.82. The average Bonchev–Trinajstić information content (AvgIpc) is 2.61. The summed E-state index contributed by atoms with van der Waals surface area (Å²) in [6, 6.07) is 12.2. The highest BCUT2D eigenvalue weighted by molar-refractivity contribution is 6.30. The number of rotatable bonds is 4. The van der Waals surface area contributed by atoms with Crippen LogP contribution in [0.5, 0.6) is 0 Å². The highest BCUT2D eigenvalue weighted by Crippen LogP contribution is 2.29. The minimum Gasteiger partial charge on any atom is -0.478 e. The molecule has 2 N–H and O–H groups in total. The van der Waals surface area contributed by atoms with E-state index in [0.717, 1.165) is 11.1 Å². The van der Waals surface area contributed by atoms with Crippen LogP contribution in [0.25, 0.3) is 11.0 Å². The van der Waals surface area contributed by atoms with Crippen LogP contribution >= 0.6 is 11.6 Å². The Labute approximate surface area is 155 Å². The third-order valence-corrected chi connectivity index (χ3v) is 4.27. The first-order valence-corrected chi connectivity index (χ1v) is 8.25. The van der Waals surface area contributed by atoms with Crippen molar-refractivity contribution < 1.29 is 9.90 Å². The minimum absolute atomic E-state index is 0.0447. The Hall–Kier alpha value is -3.17. The second kappa shape index (κ2) is 6.98. The van der Waals surface area contributed by atoms with Gasteiger partial charge in [0.15, 0.2) is 10.8 Å². The zero-order chi connectivity index (χ0) is 18.8. The molecular weight excluding hydrogens is 352 g/mol. The van der Waals surface area contributed by atoms with E-state index in [2.05, 4.69) is 15.3 Å². The lowest BCUT2D eigenvalue weighted by molar-refractivity contribution is 0.0698. The second-order valence-electron chi connectivity index (χ2n) is 5.91. The van der Waals surface area contributed by atoms with Gasteiger partial charge < -0.3 is 10.4 Å². The van der Waals surface area contributed by atoms with E-state index in [1.807, 2.05) is 32.0 Å². The molecule has 1 heterocycles. The molecule has 0 radical (unpaired) electrons. The van der Waals surface area contributed by atoms with Crippen molar-refractivity contribution in [1.29, 1.82) is 5.26 Å². The summed E-state index contributed by atoms with van der Waals surface area (Å²) >= 11 is 6.05. The summed E-state index contributed by atoms with van der Waals surface area (Å²) in [4.78, 5) is 20.0. The molecule has 0 saturated heterocycles. The third-order valence-electron chi connectivity index (χ3n) is 4.00. The third kappa shape index (κ3) is 3.30. The molecule has 0 aliphatic heterocycles. The van der Waals surface area contributed by atoms with E-state index in [9.17, 15) is 9.90 Å². The van der Waals surface area contributed by atoms with Gasteiger partial charge in [-0.2, -0.15) is 5.26 Å². The van der Waals surface area contributed by atoms with Gasteiger partial charge in [-0.15, -0.1) is 0 Å². The van der Waals surface area contributed by atoms with Crippen LogP contribution in [0.15, 0.2) is 36.4 Å². The normalized spacial score (nSPS) is 11.8. The number of carboxylic acid groups (broad SMARTS) is 1. The topological polar surface area (TPSA) is 98.9 Å². The number of para-hydroxylation sites is 1. The second-order valence-corrected chi connectivity index (χ2v) is 6.27. The van der Waals surface area contributed by atoms with Gasteiger partial charge in [0.1, 0.15) is 6.07 Å². The van der Waals surface area contributed by atoms with Crippen molar-refractivity contribution in [2.45, 2.75) is 19.9 Å². The number of carboxylic acids is 1. The number of carbonyl (C=O) groups is 1. The molecule has 0 spiro atoms. The van der Waals surface area contributed by atoms with Crippen LogP contribution in [0.1, 0.15) is 40.1 Å². The molecule has 0 aliphatic carbocycles. The Bertz CT molecular complexity index is 1060. The van der Waals surface area contributed by atoms with Gasteiger partial charge in [-0.1, -0.05) is 29.8 Å². The maximum Gasteiger partial charge on any atom is 0.337 e. The Morgan fingerprint density at radius 3 is 2.73 bits per heavy atom. The van der Waals surface area contributed by atoms with Crippen molar-refractivity contribution >= 4 is 34.3 Å². The zero-order valence-corrected chi connectivity index (χ0v) is 14.9. The molecule has 6 nitrogen and oxygen atoms in total. The number of hydrogen-bond acceptors (Lipinski definition) is 5. The van der Waals surface area contributed by atoms with Crippen molar-refractivity contribution in [3.8, 4) is 6.07 Å². The number of aromatic nitrogens is 2. The van der Waals surface area contributed by atoms with E-state index in [1.165, 1.54) is 0 Å². The van der Waals surface area contributed by atoms with Crippen LogP contribution < -0.4 is 5.32 Å². The predicted octanol–water partition coefficient (Wildman–Crippen LogP) is 4.33. The Morgan fingerprint density at radius 1 is 1.31 bits per heavy atom. The number of halogens is 1. The number of nitriles is 1. The van der Waals surface area contributed by atoms with E-state index in [4.69, 9.17) is 16.9 Å². The first-order chi connectivity index (χ1) is 12.4. The lowest BCUT2D eigenvalue weighted by Gasteiger charge is -2.19. The van der Waals surface area contributed by atoms with Crippen molar-refractivity contribution in [3.05, 3.63) is 63.9 Å². The lowest BCUT2D eigenvalue weighted by atomic mass is 10.0. The summed E-state index contributed by atoms with van der Waals surface area (Å²) in [7, 11) is 0. The van der Waals surface area contributed by atoms with Crippen molar-refractivity contribution in [3.63, 3.8) is 0 Å². The van der Waals surface area contributed by atoms with Gasteiger partial charge in [0.05, 0.1) is 22.6 Å². The van der Waals surface area contributed by atoms with Crippen LogP contribution in [0.3, 0.4) is 0 Å². The molecule has 3 aromatic rings. The molecule has 0 amide bonds. The molecular formula is C19H15ClN4O2.